The van der Waals surface area contributed by atoms with E-state index in [1.165, 1.54) is 6.92 Å². The molecule has 0 amide bonds. The van der Waals surface area contributed by atoms with Gasteiger partial charge >= 0.3 is 11.6 Å². The lowest BCUT2D eigenvalue weighted by Gasteiger charge is -2.10. The Labute approximate surface area is 117 Å². The zero-order valence-electron chi connectivity index (χ0n) is 12.1. The van der Waals surface area contributed by atoms with Crippen molar-refractivity contribution in [1.82, 2.24) is 0 Å². The van der Waals surface area contributed by atoms with Crippen LogP contribution in [0.25, 0.3) is 11.0 Å². The molecule has 20 heavy (non-hydrogen) atoms. The Hall–Kier alpha value is -2.10. The fourth-order valence-electron chi connectivity index (χ4n) is 2.25. The molecule has 2 rings (SSSR count). The Balaban J connectivity index is 2.57. The fourth-order valence-corrected chi connectivity index (χ4v) is 2.25. The average molecular weight is 274 g/mol. The van der Waals surface area contributed by atoms with Gasteiger partial charge in [0.05, 0.1) is 0 Å². The number of carbonyl (C=O) groups excluding carboxylic acids is 1. The van der Waals surface area contributed by atoms with E-state index in [1.54, 1.807) is 12.1 Å². The third-order valence-electron chi connectivity index (χ3n) is 3.13. The molecule has 1 heterocycles. The second kappa shape index (κ2) is 5.49. The summed E-state index contributed by atoms with van der Waals surface area (Å²) in [7, 11) is 0. The summed E-state index contributed by atoms with van der Waals surface area (Å²) in [6.45, 7) is 7.37. The number of hydrogen-bond acceptors (Lipinski definition) is 4. The number of hydrogen-bond donors (Lipinski definition) is 0. The minimum Gasteiger partial charge on any atom is -0.427 e. The predicted molar refractivity (Wildman–Crippen MR) is 77.1 cm³/mol. The van der Waals surface area contributed by atoms with E-state index >= 15 is 0 Å². The molecule has 0 atom stereocenters. The summed E-state index contributed by atoms with van der Waals surface area (Å²) in [6.07, 6.45) is 0.690. The highest BCUT2D eigenvalue weighted by molar-refractivity contribution is 5.83. The van der Waals surface area contributed by atoms with Crippen LogP contribution in [0.2, 0.25) is 0 Å². The topological polar surface area (TPSA) is 56.5 Å². The largest absolute Gasteiger partial charge is 0.427 e. The highest BCUT2D eigenvalue weighted by atomic mass is 16.5. The third-order valence-corrected chi connectivity index (χ3v) is 3.13. The van der Waals surface area contributed by atoms with Crippen molar-refractivity contribution in [2.75, 3.05) is 0 Å². The summed E-state index contributed by atoms with van der Waals surface area (Å²) >= 11 is 0. The Kier molecular flexibility index (Phi) is 3.93. The molecule has 0 saturated carbocycles. The lowest BCUT2D eigenvalue weighted by Crippen LogP contribution is -2.13. The summed E-state index contributed by atoms with van der Waals surface area (Å²) in [4.78, 5) is 23.0. The van der Waals surface area contributed by atoms with E-state index in [4.69, 9.17) is 9.15 Å². The van der Waals surface area contributed by atoms with Gasteiger partial charge in [-0.25, -0.2) is 4.79 Å². The van der Waals surface area contributed by atoms with Crippen LogP contribution in [-0.4, -0.2) is 5.97 Å². The van der Waals surface area contributed by atoms with Gasteiger partial charge in [-0.1, -0.05) is 13.8 Å². The molecule has 0 radical (unpaired) electrons. The Morgan fingerprint density at radius 1 is 1.35 bits per heavy atom. The zero-order chi connectivity index (χ0) is 14.9. The van der Waals surface area contributed by atoms with Gasteiger partial charge in [-0.2, -0.15) is 0 Å². The summed E-state index contributed by atoms with van der Waals surface area (Å²) in [5.41, 5.74) is 1.77. The molecule has 0 aliphatic heterocycles. The van der Waals surface area contributed by atoms with Crippen molar-refractivity contribution in [1.29, 1.82) is 0 Å². The van der Waals surface area contributed by atoms with Crippen LogP contribution in [0.5, 0.6) is 5.75 Å². The number of esters is 1. The van der Waals surface area contributed by atoms with Gasteiger partial charge in [0.1, 0.15) is 11.3 Å². The van der Waals surface area contributed by atoms with E-state index in [2.05, 4.69) is 13.8 Å². The second-order valence-corrected chi connectivity index (χ2v) is 5.34. The first-order valence-corrected chi connectivity index (χ1v) is 6.63. The number of benzene rings is 1. The van der Waals surface area contributed by atoms with Crippen molar-refractivity contribution >= 4 is 16.9 Å². The molecule has 0 unspecified atom stereocenters. The maximum absolute atomic E-state index is 12.0. The SMILES string of the molecule is CC(=O)Oc1ccc2c(C)c(CC(C)C)c(=O)oc2c1. The van der Waals surface area contributed by atoms with Crippen LogP contribution in [0.1, 0.15) is 31.9 Å². The quantitative estimate of drug-likeness (QED) is 0.490. The van der Waals surface area contributed by atoms with Gasteiger partial charge < -0.3 is 9.15 Å². The van der Waals surface area contributed by atoms with Crippen LogP contribution in [0.4, 0.5) is 0 Å². The molecule has 0 aliphatic rings. The van der Waals surface area contributed by atoms with Gasteiger partial charge in [0.2, 0.25) is 0 Å². The summed E-state index contributed by atoms with van der Waals surface area (Å²) in [5, 5.41) is 0.871. The first kappa shape index (κ1) is 14.3. The zero-order valence-corrected chi connectivity index (χ0v) is 12.1. The van der Waals surface area contributed by atoms with Crippen LogP contribution in [0.15, 0.2) is 27.4 Å². The molecule has 106 valence electrons. The Bertz CT molecular complexity index is 710. The van der Waals surface area contributed by atoms with Gasteiger partial charge in [-0.15, -0.1) is 0 Å². The van der Waals surface area contributed by atoms with Crippen LogP contribution >= 0.6 is 0 Å². The maximum atomic E-state index is 12.0. The highest BCUT2D eigenvalue weighted by Crippen LogP contribution is 2.25. The van der Waals surface area contributed by atoms with E-state index in [9.17, 15) is 9.59 Å². The minimum absolute atomic E-state index is 0.316. The fraction of sp³-hybridized carbons (Fsp3) is 0.375. The molecule has 0 spiro atoms. The molecule has 1 aromatic carbocycles. The highest BCUT2D eigenvalue weighted by Gasteiger charge is 2.13. The number of rotatable bonds is 3. The summed E-state index contributed by atoms with van der Waals surface area (Å²) in [6, 6.07) is 5.09. The van der Waals surface area contributed by atoms with Gasteiger partial charge in [-0.3, -0.25) is 4.79 Å². The molecule has 4 nitrogen and oxygen atoms in total. The molecule has 4 heteroatoms. The van der Waals surface area contributed by atoms with E-state index in [1.807, 2.05) is 13.0 Å². The normalized spacial score (nSPS) is 11.1. The van der Waals surface area contributed by atoms with Crippen molar-refractivity contribution in [2.24, 2.45) is 5.92 Å². The molecule has 1 aromatic heterocycles. The maximum Gasteiger partial charge on any atom is 0.339 e. The van der Waals surface area contributed by atoms with E-state index in [0.29, 0.717) is 29.2 Å². The monoisotopic (exact) mass is 274 g/mol. The molecule has 0 N–H and O–H groups in total. The lowest BCUT2D eigenvalue weighted by molar-refractivity contribution is -0.131. The molecular formula is C16H18O4. The van der Waals surface area contributed by atoms with Crippen molar-refractivity contribution in [2.45, 2.75) is 34.1 Å². The molecule has 0 fully saturated rings. The predicted octanol–water partition coefficient (Wildman–Crippen LogP) is 3.23. The molecular weight excluding hydrogens is 256 g/mol. The molecule has 0 aliphatic carbocycles. The van der Waals surface area contributed by atoms with Crippen LogP contribution in [0, 0.1) is 12.8 Å². The minimum atomic E-state index is -0.403. The van der Waals surface area contributed by atoms with Gasteiger partial charge in [0.25, 0.3) is 0 Å². The van der Waals surface area contributed by atoms with Gasteiger partial charge in [0.15, 0.2) is 0 Å². The smallest absolute Gasteiger partial charge is 0.339 e. The molecule has 2 aromatic rings. The lowest BCUT2D eigenvalue weighted by atomic mass is 9.98. The summed E-state index contributed by atoms with van der Waals surface area (Å²) < 4.78 is 10.3. The Morgan fingerprint density at radius 3 is 2.65 bits per heavy atom. The number of ether oxygens (including phenoxy) is 1. The van der Waals surface area contributed by atoms with Crippen LogP contribution < -0.4 is 10.4 Å². The number of fused-ring (bicyclic) bond motifs is 1. The van der Waals surface area contributed by atoms with Crippen LogP contribution in [0.3, 0.4) is 0 Å². The number of carbonyl (C=O) groups is 1. The molecule has 0 saturated heterocycles. The van der Waals surface area contributed by atoms with Crippen molar-refractivity contribution in [3.63, 3.8) is 0 Å². The van der Waals surface area contributed by atoms with Crippen molar-refractivity contribution in [3.05, 3.63) is 39.7 Å². The third kappa shape index (κ3) is 2.90. The second-order valence-electron chi connectivity index (χ2n) is 5.34. The first-order valence-electron chi connectivity index (χ1n) is 6.63. The van der Waals surface area contributed by atoms with Gasteiger partial charge in [0, 0.05) is 23.9 Å². The van der Waals surface area contributed by atoms with E-state index in [0.717, 1.165) is 10.9 Å². The average Bonchev–Trinajstić information content (AvgIpc) is 2.33. The van der Waals surface area contributed by atoms with E-state index < -0.39 is 5.97 Å². The number of aryl methyl sites for hydroxylation is 1. The van der Waals surface area contributed by atoms with E-state index in [-0.39, 0.29) is 5.63 Å². The Morgan fingerprint density at radius 2 is 2.05 bits per heavy atom. The van der Waals surface area contributed by atoms with Gasteiger partial charge in [-0.05, 0) is 37.0 Å². The van der Waals surface area contributed by atoms with Crippen molar-refractivity contribution < 1.29 is 13.9 Å². The first-order chi connectivity index (χ1) is 9.38. The van der Waals surface area contributed by atoms with Crippen LogP contribution in [-0.2, 0) is 11.2 Å². The summed E-state index contributed by atoms with van der Waals surface area (Å²) in [5.74, 6) is 0.360. The standard InChI is InChI=1S/C16H18O4/c1-9(2)7-14-10(3)13-6-5-12(19-11(4)17)8-15(13)20-16(14)18/h5-6,8-9H,7H2,1-4H3. The van der Waals surface area contributed by atoms with Crippen molar-refractivity contribution in [3.8, 4) is 5.75 Å². The molecule has 0 bridgehead atoms.